The van der Waals surface area contributed by atoms with Crippen molar-refractivity contribution >= 4 is 47.0 Å². The summed E-state index contributed by atoms with van der Waals surface area (Å²) in [6.07, 6.45) is 11.3. The maximum atomic E-state index is 2.36. The van der Waals surface area contributed by atoms with Gasteiger partial charge < -0.3 is 0 Å². The lowest BCUT2D eigenvalue weighted by Crippen LogP contribution is -2.41. The molecule has 0 amide bonds. The Morgan fingerprint density at radius 3 is 1.25 bits per heavy atom. The number of rotatable bonds is 4. The lowest BCUT2D eigenvalue weighted by atomic mass is 9.87. The van der Waals surface area contributed by atoms with Crippen LogP contribution in [0.3, 0.4) is 0 Å². The Balaban J connectivity index is 2.39. The van der Waals surface area contributed by atoms with Gasteiger partial charge in [-0.25, -0.2) is 0 Å². The SMILES string of the molecule is CSC1(SC)c2ccccc2CCc2ccccc2C1(SC)SC. The second-order valence-electron chi connectivity index (χ2n) is 5.86. The molecule has 0 aliphatic heterocycles. The third kappa shape index (κ3) is 2.65. The first-order chi connectivity index (χ1) is 11.7. The summed E-state index contributed by atoms with van der Waals surface area (Å²) in [6, 6.07) is 18.2. The highest BCUT2D eigenvalue weighted by atomic mass is 32.2. The van der Waals surface area contributed by atoms with E-state index >= 15 is 0 Å². The molecule has 0 radical (unpaired) electrons. The molecule has 2 aromatic rings. The first-order valence-electron chi connectivity index (χ1n) is 8.06. The minimum atomic E-state index is -0.0149. The zero-order chi connectivity index (χ0) is 17.2. The average Bonchev–Trinajstić information content (AvgIpc) is 2.64. The zero-order valence-corrected chi connectivity index (χ0v) is 17.9. The molecule has 1 aliphatic rings. The quantitative estimate of drug-likeness (QED) is 0.564. The Morgan fingerprint density at radius 1 is 0.583 bits per heavy atom. The van der Waals surface area contributed by atoms with Crippen molar-refractivity contribution in [3.05, 3.63) is 70.8 Å². The number of fused-ring (bicyclic) bond motifs is 2. The molecule has 1 aliphatic carbocycles. The van der Waals surface area contributed by atoms with Crippen molar-refractivity contribution in [2.24, 2.45) is 0 Å². The van der Waals surface area contributed by atoms with Crippen LogP contribution in [0, 0.1) is 0 Å². The Kier molecular flexibility index (Phi) is 5.90. The van der Waals surface area contributed by atoms with Crippen LogP contribution >= 0.6 is 47.0 Å². The van der Waals surface area contributed by atoms with Crippen molar-refractivity contribution in [3.63, 3.8) is 0 Å². The van der Waals surface area contributed by atoms with Gasteiger partial charge in [0.1, 0.15) is 8.16 Å². The molecule has 0 saturated carbocycles. The van der Waals surface area contributed by atoms with Crippen molar-refractivity contribution in [2.45, 2.75) is 21.0 Å². The van der Waals surface area contributed by atoms with Gasteiger partial charge in [0.25, 0.3) is 0 Å². The van der Waals surface area contributed by atoms with Gasteiger partial charge in [-0.3, -0.25) is 0 Å². The highest BCUT2D eigenvalue weighted by Gasteiger charge is 2.54. The number of aryl methyl sites for hydroxylation is 2. The minimum Gasteiger partial charge on any atom is -0.140 e. The Hall–Kier alpha value is -0.160. The normalized spacial score (nSPS) is 18.2. The van der Waals surface area contributed by atoms with Crippen molar-refractivity contribution in [2.75, 3.05) is 25.0 Å². The maximum Gasteiger partial charge on any atom is 0.114 e. The first-order valence-corrected chi connectivity index (χ1v) is 13.0. The van der Waals surface area contributed by atoms with E-state index < -0.39 is 0 Å². The van der Waals surface area contributed by atoms with Crippen molar-refractivity contribution in [3.8, 4) is 0 Å². The van der Waals surface area contributed by atoms with E-state index in [1.54, 1.807) is 0 Å². The van der Waals surface area contributed by atoms with Gasteiger partial charge in [-0.15, -0.1) is 47.0 Å². The molecule has 2 aromatic carbocycles. The number of hydrogen-bond acceptors (Lipinski definition) is 4. The molecular formula is C20H24S4. The predicted octanol–water partition coefficient (Wildman–Crippen LogP) is 6.24. The third-order valence-electron chi connectivity index (χ3n) is 4.99. The fourth-order valence-electron chi connectivity index (χ4n) is 3.89. The van der Waals surface area contributed by atoms with Gasteiger partial charge in [-0.05, 0) is 60.1 Å². The molecule has 0 nitrogen and oxygen atoms in total. The van der Waals surface area contributed by atoms with Crippen LogP contribution in [0.15, 0.2) is 48.5 Å². The van der Waals surface area contributed by atoms with Crippen LogP contribution in [0.1, 0.15) is 22.3 Å². The standard InChI is InChI=1S/C20H24S4/c1-21-19(22-2)17-11-7-5-9-15(17)13-14-16-10-6-8-12-18(16)20(19,23-3)24-4/h5-12H,13-14H2,1-4H3. The van der Waals surface area contributed by atoms with Gasteiger partial charge in [0.05, 0.1) is 0 Å². The highest BCUT2D eigenvalue weighted by Crippen LogP contribution is 2.67. The van der Waals surface area contributed by atoms with Crippen LogP contribution in [0.5, 0.6) is 0 Å². The largest absolute Gasteiger partial charge is 0.140 e. The molecule has 0 bridgehead atoms. The van der Waals surface area contributed by atoms with Crippen LogP contribution in [0.25, 0.3) is 0 Å². The van der Waals surface area contributed by atoms with Crippen molar-refractivity contribution in [1.29, 1.82) is 0 Å². The topological polar surface area (TPSA) is 0 Å². The third-order valence-corrected chi connectivity index (χ3v) is 11.9. The van der Waals surface area contributed by atoms with Crippen LogP contribution < -0.4 is 0 Å². The summed E-state index contributed by atoms with van der Waals surface area (Å²) in [4.78, 5) is 0. The van der Waals surface area contributed by atoms with Crippen LogP contribution in [0.2, 0.25) is 0 Å². The van der Waals surface area contributed by atoms with E-state index in [0.29, 0.717) is 0 Å². The van der Waals surface area contributed by atoms with E-state index in [9.17, 15) is 0 Å². The van der Waals surface area contributed by atoms with Gasteiger partial charge in [0.15, 0.2) is 0 Å². The lowest BCUT2D eigenvalue weighted by molar-refractivity contribution is 0.736. The van der Waals surface area contributed by atoms with E-state index in [1.807, 2.05) is 47.0 Å². The summed E-state index contributed by atoms with van der Waals surface area (Å²) in [6.45, 7) is 0. The lowest BCUT2D eigenvalue weighted by Gasteiger charge is -2.50. The molecule has 0 unspecified atom stereocenters. The fourth-order valence-corrected chi connectivity index (χ4v) is 10.4. The monoisotopic (exact) mass is 392 g/mol. The molecule has 4 heteroatoms. The summed E-state index contributed by atoms with van der Waals surface area (Å²) in [5.41, 5.74) is 6.01. The molecule has 0 N–H and O–H groups in total. The van der Waals surface area contributed by atoms with Gasteiger partial charge >= 0.3 is 0 Å². The second kappa shape index (κ2) is 7.61. The molecule has 0 heterocycles. The van der Waals surface area contributed by atoms with Gasteiger partial charge in [0, 0.05) is 0 Å². The molecule has 0 spiro atoms. The molecule has 24 heavy (non-hydrogen) atoms. The number of thioether (sulfide) groups is 4. The Morgan fingerprint density at radius 2 is 0.917 bits per heavy atom. The molecule has 3 rings (SSSR count). The Labute approximate surface area is 163 Å². The smallest absolute Gasteiger partial charge is 0.114 e. The van der Waals surface area contributed by atoms with Gasteiger partial charge in [-0.1, -0.05) is 48.5 Å². The molecule has 0 saturated heterocycles. The molecule has 0 aromatic heterocycles. The minimum absolute atomic E-state index is 0.0149. The number of benzene rings is 2. The zero-order valence-electron chi connectivity index (χ0n) is 14.7. The van der Waals surface area contributed by atoms with Crippen LogP contribution in [-0.4, -0.2) is 25.0 Å². The fraction of sp³-hybridized carbons (Fsp3) is 0.400. The summed E-state index contributed by atoms with van der Waals surface area (Å²) in [5.74, 6) is 0. The molecule has 0 atom stereocenters. The Bertz CT molecular complexity index is 641. The van der Waals surface area contributed by atoms with Gasteiger partial charge in [-0.2, -0.15) is 0 Å². The van der Waals surface area contributed by atoms with Gasteiger partial charge in [0.2, 0.25) is 0 Å². The molecular weight excluding hydrogens is 368 g/mol. The van der Waals surface area contributed by atoms with E-state index in [2.05, 4.69) is 73.6 Å². The summed E-state index contributed by atoms with van der Waals surface area (Å²) in [5, 5.41) is 0. The van der Waals surface area contributed by atoms with E-state index in [4.69, 9.17) is 0 Å². The van der Waals surface area contributed by atoms with Crippen molar-refractivity contribution in [1.82, 2.24) is 0 Å². The summed E-state index contributed by atoms with van der Waals surface area (Å²) < 4.78 is -0.0299. The summed E-state index contributed by atoms with van der Waals surface area (Å²) >= 11 is 8.00. The van der Waals surface area contributed by atoms with Crippen LogP contribution in [-0.2, 0) is 21.0 Å². The average molecular weight is 393 g/mol. The number of hydrogen-bond donors (Lipinski definition) is 0. The van der Waals surface area contributed by atoms with E-state index in [0.717, 1.165) is 12.8 Å². The molecule has 128 valence electrons. The predicted molar refractivity (Wildman–Crippen MR) is 118 cm³/mol. The van der Waals surface area contributed by atoms with Crippen molar-refractivity contribution < 1.29 is 0 Å². The highest BCUT2D eigenvalue weighted by molar-refractivity contribution is 8.23. The van der Waals surface area contributed by atoms with E-state index in [-0.39, 0.29) is 8.16 Å². The summed E-state index contributed by atoms with van der Waals surface area (Å²) in [7, 11) is 0. The maximum absolute atomic E-state index is 2.36. The van der Waals surface area contributed by atoms with Crippen LogP contribution in [0.4, 0.5) is 0 Å². The van der Waals surface area contributed by atoms with E-state index in [1.165, 1.54) is 22.3 Å². The molecule has 0 fully saturated rings. The second-order valence-corrected chi connectivity index (χ2v) is 10.5. The first kappa shape index (κ1) is 18.6.